The van der Waals surface area contributed by atoms with Crippen LogP contribution in [0.4, 0.5) is 4.79 Å². The van der Waals surface area contributed by atoms with Gasteiger partial charge in [-0.3, -0.25) is 0 Å². The Kier molecular flexibility index (Phi) is 7.02. The van der Waals surface area contributed by atoms with E-state index in [1.165, 1.54) is 4.90 Å². The van der Waals surface area contributed by atoms with Crippen molar-refractivity contribution in [1.29, 1.82) is 0 Å². The zero-order valence-corrected chi connectivity index (χ0v) is 13.3. The Hall–Kier alpha value is -1.75. The Morgan fingerprint density at radius 3 is 2.38 bits per heavy atom. The highest BCUT2D eigenvalue weighted by Crippen LogP contribution is 2.09. The van der Waals surface area contributed by atoms with Gasteiger partial charge in [0, 0.05) is 13.6 Å². The average molecular weight is 295 g/mol. The number of benzene rings is 1. The molecule has 1 aromatic rings. The summed E-state index contributed by atoms with van der Waals surface area (Å²) in [5.41, 5.74) is -0.476. The summed E-state index contributed by atoms with van der Waals surface area (Å²) in [7, 11) is 1.69. The van der Waals surface area contributed by atoms with Gasteiger partial charge in [-0.2, -0.15) is 0 Å². The molecule has 0 bridgehead atoms. The molecule has 0 radical (unpaired) electrons. The van der Waals surface area contributed by atoms with Crippen molar-refractivity contribution in [3.8, 4) is 5.75 Å². The van der Waals surface area contributed by atoms with Gasteiger partial charge in [0.1, 0.15) is 18.0 Å². The van der Waals surface area contributed by atoms with Gasteiger partial charge in [0.2, 0.25) is 0 Å². The Morgan fingerprint density at radius 1 is 1.10 bits per heavy atom. The predicted octanol–water partition coefficient (Wildman–Crippen LogP) is 2.95. The first-order chi connectivity index (χ1) is 9.88. The molecule has 0 saturated carbocycles. The number of hydrogen-bond donors (Lipinski definition) is 0. The molecule has 1 amide bonds. The van der Waals surface area contributed by atoms with Gasteiger partial charge in [-0.05, 0) is 32.9 Å². The van der Waals surface area contributed by atoms with Gasteiger partial charge in [-0.15, -0.1) is 0 Å². The summed E-state index contributed by atoms with van der Waals surface area (Å²) >= 11 is 0. The van der Waals surface area contributed by atoms with Crippen molar-refractivity contribution in [3.05, 3.63) is 30.3 Å². The van der Waals surface area contributed by atoms with E-state index in [9.17, 15) is 4.79 Å². The predicted molar refractivity (Wildman–Crippen MR) is 81.6 cm³/mol. The molecule has 0 aliphatic carbocycles. The Morgan fingerprint density at radius 2 is 1.76 bits per heavy atom. The van der Waals surface area contributed by atoms with Crippen LogP contribution in [0.25, 0.3) is 0 Å². The maximum atomic E-state index is 11.7. The lowest BCUT2D eigenvalue weighted by atomic mass is 10.2. The molecule has 0 fully saturated rings. The third-order valence-corrected chi connectivity index (χ3v) is 2.52. The van der Waals surface area contributed by atoms with Crippen molar-refractivity contribution in [2.45, 2.75) is 26.4 Å². The minimum Gasteiger partial charge on any atom is -0.491 e. The topological polar surface area (TPSA) is 48.0 Å². The van der Waals surface area contributed by atoms with Crippen LogP contribution in [-0.2, 0) is 9.47 Å². The molecule has 118 valence electrons. The van der Waals surface area contributed by atoms with Crippen molar-refractivity contribution >= 4 is 6.09 Å². The number of rotatable bonds is 7. The number of nitrogens with zero attached hydrogens (tertiary/aromatic N) is 1. The van der Waals surface area contributed by atoms with Gasteiger partial charge in [0.25, 0.3) is 0 Å². The Balaban J connectivity index is 2.07. The highest BCUT2D eigenvalue weighted by molar-refractivity contribution is 5.67. The van der Waals surface area contributed by atoms with E-state index < -0.39 is 5.60 Å². The monoisotopic (exact) mass is 295 g/mol. The number of amides is 1. The van der Waals surface area contributed by atoms with Gasteiger partial charge >= 0.3 is 6.09 Å². The van der Waals surface area contributed by atoms with E-state index in [1.807, 2.05) is 51.1 Å². The first-order valence-electron chi connectivity index (χ1n) is 7.08. The molecule has 21 heavy (non-hydrogen) atoms. The molecule has 0 saturated heterocycles. The number of para-hydroxylation sites is 1. The minimum atomic E-state index is -0.476. The standard InChI is InChI=1S/C16H25NO4/c1-16(2,3)21-15(18)17(4)10-11-19-12-13-20-14-8-6-5-7-9-14/h5-9H,10-13H2,1-4H3. The van der Waals surface area contributed by atoms with Crippen LogP contribution in [0.2, 0.25) is 0 Å². The van der Waals surface area contributed by atoms with Crippen LogP contribution in [0, 0.1) is 0 Å². The molecular formula is C16H25NO4. The largest absolute Gasteiger partial charge is 0.491 e. The third kappa shape index (κ3) is 8.19. The summed E-state index contributed by atoms with van der Waals surface area (Å²) in [5.74, 6) is 0.826. The lowest BCUT2D eigenvalue weighted by Gasteiger charge is -2.24. The summed E-state index contributed by atoms with van der Waals surface area (Å²) in [6, 6.07) is 9.58. The SMILES string of the molecule is CN(CCOCCOc1ccccc1)C(=O)OC(C)(C)C. The maximum Gasteiger partial charge on any atom is 0.410 e. The van der Waals surface area contributed by atoms with Crippen LogP contribution >= 0.6 is 0 Å². The summed E-state index contributed by atoms with van der Waals surface area (Å²) in [6.45, 7) is 7.44. The molecule has 0 aromatic heterocycles. The lowest BCUT2D eigenvalue weighted by molar-refractivity contribution is 0.0216. The zero-order valence-electron chi connectivity index (χ0n) is 13.3. The van der Waals surface area contributed by atoms with Crippen molar-refractivity contribution < 1.29 is 19.0 Å². The molecule has 0 unspecified atom stereocenters. The summed E-state index contributed by atoms with van der Waals surface area (Å²) < 4.78 is 16.2. The lowest BCUT2D eigenvalue weighted by Crippen LogP contribution is -2.36. The van der Waals surface area contributed by atoms with Crippen LogP contribution in [-0.4, -0.2) is 50.0 Å². The highest BCUT2D eigenvalue weighted by Gasteiger charge is 2.19. The van der Waals surface area contributed by atoms with Gasteiger partial charge in [0.05, 0.1) is 13.2 Å². The van der Waals surface area contributed by atoms with Crippen molar-refractivity contribution in [3.63, 3.8) is 0 Å². The van der Waals surface area contributed by atoms with E-state index in [4.69, 9.17) is 14.2 Å². The molecule has 1 aromatic carbocycles. The number of carbonyl (C=O) groups is 1. The molecule has 1 rings (SSSR count). The quantitative estimate of drug-likeness (QED) is 0.726. The molecule has 0 N–H and O–H groups in total. The fourth-order valence-electron chi connectivity index (χ4n) is 1.47. The molecular weight excluding hydrogens is 270 g/mol. The first-order valence-corrected chi connectivity index (χ1v) is 7.08. The third-order valence-electron chi connectivity index (χ3n) is 2.52. The van der Waals surface area contributed by atoms with Gasteiger partial charge < -0.3 is 19.1 Å². The van der Waals surface area contributed by atoms with Gasteiger partial charge in [0.15, 0.2) is 0 Å². The van der Waals surface area contributed by atoms with Gasteiger partial charge in [-0.1, -0.05) is 18.2 Å². The first kappa shape index (κ1) is 17.3. The molecule has 5 nitrogen and oxygen atoms in total. The van der Waals surface area contributed by atoms with Crippen molar-refractivity contribution in [2.75, 3.05) is 33.4 Å². The number of likely N-dealkylation sites (N-methyl/N-ethyl adjacent to an activating group) is 1. The van der Waals surface area contributed by atoms with E-state index in [-0.39, 0.29) is 6.09 Å². The van der Waals surface area contributed by atoms with E-state index in [0.717, 1.165) is 5.75 Å². The molecule has 0 aliphatic heterocycles. The normalized spacial score (nSPS) is 11.0. The maximum absolute atomic E-state index is 11.7. The summed E-state index contributed by atoms with van der Waals surface area (Å²) in [4.78, 5) is 13.2. The van der Waals surface area contributed by atoms with Gasteiger partial charge in [-0.25, -0.2) is 4.79 Å². The van der Waals surface area contributed by atoms with E-state index >= 15 is 0 Å². The molecule has 0 spiro atoms. The molecule has 0 atom stereocenters. The van der Waals surface area contributed by atoms with Crippen LogP contribution in [0.15, 0.2) is 30.3 Å². The van der Waals surface area contributed by atoms with Crippen molar-refractivity contribution in [1.82, 2.24) is 4.90 Å². The van der Waals surface area contributed by atoms with Crippen LogP contribution in [0.5, 0.6) is 5.75 Å². The highest BCUT2D eigenvalue weighted by atomic mass is 16.6. The fourth-order valence-corrected chi connectivity index (χ4v) is 1.47. The number of ether oxygens (including phenoxy) is 3. The number of hydrogen-bond acceptors (Lipinski definition) is 4. The zero-order chi connectivity index (χ0) is 15.7. The Labute approximate surface area is 126 Å². The van der Waals surface area contributed by atoms with Crippen LogP contribution in [0.3, 0.4) is 0 Å². The van der Waals surface area contributed by atoms with Crippen molar-refractivity contribution in [2.24, 2.45) is 0 Å². The second-order valence-corrected chi connectivity index (χ2v) is 5.68. The minimum absolute atomic E-state index is 0.341. The van der Waals surface area contributed by atoms with E-state index in [2.05, 4.69) is 0 Å². The molecule has 5 heteroatoms. The van der Waals surface area contributed by atoms with E-state index in [1.54, 1.807) is 7.05 Å². The van der Waals surface area contributed by atoms with Crippen LogP contribution < -0.4 is 4.74 Å². The smallest absolute Gasteiger partial charge is 0.410 e. The molecule has 0 aliphatic rings. The second kappa shape index (κ2) is 8.52. The summed E-state index contributed by atoms with van der Waals surface area (Å²) in [5, 5.41) is 0. The number of carbonyl (C=O) groups excluding carboxylic acids is 1. The second-order valence-electron chi connectivity index (χ2n) is 5.68. The Bertz CT molecular complexity index is 414. The van der Waals surface area contributed by atoms with Crippen LogP contribution in [0.1, 0.15) is 20.8 Å². The van der Waals surface area contributed by atoms with E-state index in [0.29, 0.717) is 26.4 Å². The average Bonchev–Trinajstić information content (AvgIpc) is 2.41. The summed E-state index contributed by atoms with van der Waals surface area (Å²) in [6.07, 6.45) is -0.341. The fraction of sp³-hybridized carbons (Fsp3) is 0.562. The molecule has 0 heterocycles.